The smallest absolute Gasteiger partial charge is 0.0926 e. The molecule has 2 aromatic carbocycles. The van der Waals surface area contributed by atoms with Gasteiger partial charge in [0.25, 0.3) is 0 Å². The Labute approximate surface area is 144 Å². The van der Waals surface area contributed by atoms with Gasteiger partial charge < -0.3 is 4.74 Å². The topological polar surface area (TPSA) is 27.1 Å². The van der Waals surface area contributed by atoms with Crippen LogP contribution in [0.5, 0.6) is 0 Å². The van der Waals surface area contributed by atoms with Gasteiger partial charge in [-0.1, -0.05) is 36.8 Å². The van der Waals surface area contributed by atoms with Gasteiger partial charge in [0, 0.05) is 25.2 Å². The number of hydrogen-bond acceptors (Lipinski definition) is 2. The maximum Gasteiger partial charge on any atom is 0.0926 e. The van der Waals surface area contributed by atoms with Crippen molar-refractivity contribution in [1.29, 1.82) is 0 Å². The Bertz CT molecular complexity index is 818. The quantitative estimate of drug-likeness (QED) is 0.604. The molecular formula is C21H26N2O. The minimum absolute atomic E-state index is 0.479. The molecule has 1 unspecified atom stereocenters. The third-order valence-corrected chi connectivity index (χ3v) is 4.62. The average Bonchev–Trinajstić information content (AvgIpc) is 2.91. The fraction of sp³-hybridized carbons (Fsp3) is 0.381. The Kier molecular flexibility index (Phi) is 5.00. The lowest BCUT2D eigenvalue weighted by Crippen LogP contribution is -2.03. The third-order valence-electron chi connectivity index (χ3n) is 4.62. The number of ether oxygens (including phenoxy) is 1. The van der Waals surface area contributed by atoms with Crippen molar-refractivity contribution in [3.63, 3.8) is 0 Å². The van der Waals surface area contributed by atoms with E-state index in [0.29, 0.717) is 12.5 Å². The highest BCUT2D eigenvalue weighted by molar-refractivity contribution is 5.80. The van der Waals surface area contributed by atoms with E-state index in [1.807, 2.05) is 11.7 Å². The maximum atomic E-state index is 5.87. The Morgan fingerprint density at radius 2 is 1.88 bits per heavy atom. The molecule has 1 atom stereocenters. The Morgan fingerprint density at radius 3 is 2.62 bits per heavy atom. The zero-order chi connectivity index (χ0) is 17.1. The van der Waals surface area contributed by atoms with E-state index in [4.69, 9.17) is 4.74 Å². The summed E-state index contributed by atoms with van der Waals surface area (Å²) in [4.78, 5) is 0. The molecule has 0 fully saturated rings. The van der Waals surface area contributed by atoms with Gasteiger partial charge in [-0.05, 0) is 55.0 Å². The summed E-state index contributed by atoms with van der Waals surface area (Å²) in [5.74, 6) is 0.479. The van der Waals surface area contributed by atoms with E-state index in [1.54, 1.807) is 0 Å². The van der Waals surface area contributed by atoms with E-state index in [1.165, 1.54) is 27.6 Å². The van der Waals surface area contributed by atoms with Crippen molar-refractivity contribution in [3.8, 4) is 0 Å². The average molecular weight is 322 g/mol. The van der Waals surface area contributed by atoms with Gasteiger partial charge in [-0.25, -0.2) is 0 Å². The minimum atomic E-state index is 0.479. The number of aromatic nitrogens is 2. The lowest BCUT2D eigenvalue weighted by molar-refractivity contribution is 0.115. The minimum Gasteiger partial charge on any atom is -0.377 e. The summed E-state index contributed by atoms with van der Waals surface area (Å²) in [7, 11) is 1.97. The molecule has 3 aromatic rings. The molecule has 0 spiro atoms. The van der Waals surface area contributed by atoms with Crippen LogP contribution < -0.4 is 0 Å². The monoisotopic (exact) mass is 322 g/mol. The first-order valence-corrected chi connectivity index (χ1v) is 8.60. The maximum absolute atomic E-state index is 5.87. The third kappa shape index (κ3) is 3.85. The second-order valence-electron chi connectivity index (χ2n) is 6.80. The van der Waals surface area contributed by atoms with Crippen LogP contribution in [0.15, 0.2) is 42.6 Å². The van der Waals surface area contributed by atoms with Crippen molar-refractivity contribution in [2.45, 2.75) is 39.7 Å². The second kappa shape index (κ2) is 7.18. The highest BCUT2D eigenvalue weighted by Gasteiger charge is 2.11. The van der Waals surface area contributed by atoms with Gasteiger partial charge in [0.05, 0.1) is 12.1 Å². The summed E-state index contributed by atoms with van der Waals surface area (Å²) < 4.78 is 7.74. The molecule has 0 aliphatic carbocycles. The van der Waals surface area contributed by atoms with Crippen molar-refractivity contribution >= 4 is 10.9 Å². The molecule has 1 heterocycles. The molecule has 3 nitrogen and oxygen atoms in total. The number of rotatable bonds is 6. The summed E-state index contributed by atoms with van der Waals surface area (Å²) in [6.45, 7) is 8.02. The Morgan fingerprint density at radius 1 is 1.12 bits per heavy atom. The number of fused-ring (bicyclic) bond motifs is 1. The SMILES string of the molecule is Cc1ccc(COCCC(C)c2cc3cn(C)nc3cc2C)cc1. The van der Waals surface area contributed by atoms with E-state index < -0.39 is 0 Å². The van der Waals surface area contributed by atoms with Crippen LogP contribution in [0.3, 0.4) is 0 Å². The molecule has 3 rings (SSSR count). The Hall–Kier alpha value is -2.13. The van der Waals surface area contributed by atoms with Gasteiger partial charge in [0.2, 0.25) is 0 Å². The van der Waals surface area contributed by atoms with Crippen molar-refractivity contribution in [2.24, 2.45) is 7.05 Å². The van der Waals surface area contributed by atoms with Crippen molar-refractivity contribution in [1.82, 2.24) is 9.78 Å². The van der Waals surface area contributed by atoms with Gasteiger partial charge in [-0.2, -0.15) is 5.10 Å². The molecule has 1 aromatic heterocycles. The molecule has 24 heavy (non-hydrogen) atoms. The fourth-order valence-electron chi connectivity index (χ4n) is 3.14. The first-order chi connectivity index (χ1) is 11.5. The number of aryl methyl sites for hydroxylation is 3. The van der Waals surface area contributed by atoms with Gasteiger partial charge in [0.1, 0.15) is 0 Å². The van der Waals surface area contributed by atoms with E-state index in [2.05, 4.69) is 68.5 Å². The van der Waals surface area contributed by atoms with Crippen LogP contribution in [-0.2, 0) is 18.4 Å². The number of nitrogens with zero attached hydrogens (tertiary/aromatic N) is 2. The molecule has 0 saturated carbocycles. The molecule has 0 aliphatic heterocycles. The van der Waals surface area contributed by atoms with Crippen molar-refractivity contribution in [2.75, 3.05) is 6.61 Å². The van der Waals surface area contributed by atoms with Crippen molar-refractivity contribution < 1.29 is 4.74 Å². The molecule has 0 N–H and O–H groups in total. The van der Waals surface area contributed by atoms with Crippen LogP contribution in [0.4, 0.5) is 0 Å². The highest BCUT2D eigenvalue weighted by atomic mass is 16.5. The zero-order valence-corrected chi connectivity index (χ0v) is 15.0. The Balaban J connectivity index is 1.57. The molecule has 0 saturated heterocycles. The first-order valence-electron chi connectivity index (χ1n) is 8.60. The summed E-state index contributed by atoms with van der Waals surface area (Å²) >= 11 is 0. The first kappa shape index (κ1) is 16.7. The lowest BCUT2D eigenvalue weighted by Gasteiger charge is -2.15. The van der Waals surface area contributed by atoms with Crippen LogP contribution >= 0.6 is 0 Å². The van der Waals surface area contributed by atoms with Crippen LogP contribution in [-0.4, -0.2) is 16.4 Å². The van der Waals surface area contributed by atoms with Crippen molar-refractivity contribution in [3.05, 3.63) is 64.8 Å². The van der Waals surface area contributed by atoms with E-state index in [0.717, 1.165) is 18.5 Å². The molecule has 0 amide bonds. The van der Waals surface area contributed by atoms with Crippen LogP contribution in [0.25, 0.3) is 10.9 Å². The standard InChI is InChI=1S/C21H26N2O/c1-15-5-7-18(8-6-15)14-24-10-9-16(2)20-12-19-13-23(4)22-21(19)11-17(20)3/h5-8,11-13,16H,9-10,14H2,1-4H3. The molecule has 0 aliphatic rings. The van der Waals surface area contributed by atoms with Gasteiger partial charge >= 0.3 is 0 Å². The van der Waals surface area contributed by atoms with Crippen LogP contribution in [0.2, 0.25) is 0 Å². The lowest BCUT2D eigenvalue weighted by atomic mass is 9.93. The van der Waals surface area contributed by atoms with E-state index >= 15 is 0 Å². The molecule has 126 valence electrons. The normalized spacial score (nSPS) is 12.7. The second-order valence-corrected chi connectivity index (χ2v) is 6.80. The van der Waals surface area contributed by atoms with Crippen LogP contribution in [0, 0.1) is 13.8 Å². The predicted molar refractivity (Wildman–Crippen MR) is 99.3 cm³/mol. The van der Waals surface area contributed by atoms with Gasteiger partial charge in [-0.3, -0.25) is 4.68 Å². The molecule has 0 radical (unpaired) electrons. The fourth-order valence-corrected chi connectivity index (χ4v) is 3.14. The van der Waals surface area contributed by atoms with E-state index in [-0.39, 0.29) is 0 Å². The predicted octanol–water partition coefficient (Wildman–Crippen LogP) is 4.90. The van der Waals surface area contributed by atoms with E-state index in [9.17, 15) is 0 Å². The largest absolute Gasteiger partial charge is 0.377 e. The van der Waals surface area contributed by atoms with Gasteiger partial charge in [-0.15, -0.1) is 0 Å². The summed E-state index contributed by atoms with van der Waals surface area (Å²) in [6, 6.07) is 13.0. The number of hydrogen-bond donors (Lipinski definition) is 0. The summed E-state index contributed by atoms with van der Waals surface area (Å²) in [6.07, 6.45) is 3.11. The summed E-state index contributed by atoms with van der Waals surface area (Å²) in [5, 5.41) is 5.70. The number of benzene rings is 2. The molecule has 0 bridgehead atoms. The highest BCUT2D eigenvalue weighted by Crippen LogP contribution is 2.27. The van der Waals surface area contributed by atoms with Gasteiger partial charge in [0.15, 0.2) is 0 Å². The zero-order valence-electron chi connectivity index (χ0n) is 15.0. The van der Waals surface area contributed by atoms with Crippen LogP contribution in [0.1, 0.15) is 41.5 Å². The molecular weight excluding hydrogens is 296 g/mol. The summed E-state index contributed by atoms with van der Waals surface area (Å²) in [5.41, 5.74) is 6.30. The molecule has 3 heteroatoms.